The van der Waals surface area contributed by atoms with Crippen molar-refractivity contribution in [3.8, 4) is 11.5 Å². The molecule has 36 heavy (non-hydrogen) atoms. The number of hydrogen-bond donors (Lipinski definition) is 3. The molecule has 3 rings (SSSR count). The first-order chi connectivity index (χ1) is 17.3. The van der Waals surface area contributed by atoms with Gasteiger partial charge in [-0.05, 0) is 67.4 Å². The highest BCUT2D eigenvalue weighted by molar-refractivity contribution is 6.39. The SMILES string of the molecule is COc1ccccc1NC(=O)C(=O)N/N=C\c1cc(Cl)ccc1OCC(=O)Nc1ccc(C)c(C)c1. The van der Waals surface area contributed by atoms with Gasteiger partial charge in [-0.15, -0.1) is 0 Å². The van der Waals surface area contributed by atoms with Crippen LogP contribution in [0.5, 0.6) is 11.5 Å². The number of amides is 3. The second kappa shape index (κ2) is 12.4. The van der Waals surface area contributed by atoms with E-state index in [2.05, 4.69) is 21.2 Å². The van der Waals surface area contributed by atoms with Gasteiger partial charge in [0.05, 0.1) is 19.0 Å². The van der Waals surface area contributed by atoms with Gasteiger partial charge in [0.25, 0.3) is 5.91 Å². The zero-order chi connectivity index (χ0) is 26.1. The predicted molar refractivity (Wildman–Crippen MR) is 139 cm³/mol. The minimum absolute atomic E-state index is 0.261. The first kappa shape index (κ1) is 26.2. The highest BCUT2D eigenvalue weighted by Crippen LogP contribution is 2.23. The highest BCUT2D eigenvalue weighted by atomic mass is 35.5. The number of para-hydroxylation sites is 2. The largest absolute Gasteiger partial charge is 0.495 e. The lowest BCUT2D eigenvalue weighted by Gasteiger charge is -2.11. The molecule has 0 aliphatic heterocycles. The fourth-order valence-electron chi connectivity index (χ4n) is 3.05. The van der Waals surface area contributed by atoms with Crippen LogP contribution in [-0.2, 0) is 14.4 Å². The Balaban J connectivity index is 1.59. The average Bonchev–Trinajstić information content (AvgIpc) is 2.86. The molecule has 3 aromatic rings. The molecule has 0 saturated carbocycles. The summed E-state index contributed by atoms with van der Waals surface area (Å²) in [5.74, 6) is -1.55. The number of hydrazone groups is 1. The van der Waals surface area contributed by atoms with Crippen LogP contribution in [0.25, 0.3) is 0 Å². The zero-order valence-corrected chi connectivity index (χ0v) is 20.7. The lowest BCUT2D eigenvalue weighted by molar-refractivity contribution is -0.136. The summed E-state index contributed by atoms with van der Waals surface area (Å²) in [5.41, 5.74) is 5.73. The molecule has 0 bridgehead atoms. The third-order valence-corrected chi connectivity index (χ3v) is 5.29. The number of halogens is 1. The van der Waals surface area contributed by atoms with E-state index in [0.717, 1.165) is 11.1 Å². The van der Waals surface area contributed by atoms with Gasteiger partial charge < -0.3 is 20.1 Å². The molecule has 0 aromatic heterocycles. The summed E-state index contributed by atoms with van der Waals surface area (Å²) in [7, 11) is 1.45. The Morgan fingerprint density at radius 2 is 1.69 bits per heavy atom. The molecule has 0 fully saturated rings. The van der Waals surface area contributed by atoms with Crippen LogP contribution >= 0.6 is 11.6 Å². The molecule has 0 aliphatic carbocycles. The first-order valence-electron chi connectivity index (χ1n) is 10.8. The number of carbonyl (C=O) groups is 3. The van der Waals surface area contributed by atoms with Gasteiger partial charge in [-0.25, -0.2) is 5.43 Å². The van der Waals surface area contributed by atoms with E-state index in [0.29, 0.717) is 33.5 Å². The summed E-state index contributed by atoms with van der Waals surface area (Å²) in [5, 5.41) is 9.42. The van der Waals surface area contributed by atoms with Gasteiger partial charge in [0.15, 0.2) is 6.61 Å². The number of anilines is 2. The molecule has 0 radical (unpaired) electrons. The van der Waals surface area contributed by atoms with Gasteiger partial charge in [0.1, 0.15) is 11.5 Å². The van der Waals surface area contributed by atoms with E-state index in [1.54, 1.807) is 42.5 Å². The Bertz CT molecular complexity index is 1310. The average molecular weight is 509 g/mol. The van der Waals surface area contributed by atoms with Crippen LogP contribution in [0, 0.1) is 13.8 Å². The van der Waals surface area contributed by atoms with Crippen molar-refractivity contribution in [1.82, 2.24) is 5.43 Å². The van der Waals surface area contributed by atoms with Crippen molar-refractivity contribution in [3.63, 3.8) is 0 Å². The smallest absolute Gasteiger partial charge is 0.329 e. The van der Waals surface area contributed by atoms with Crippen LogP contribution in [0.15, 0.2) is 65.8 Å². The number of benzene rings is 3. The maximum absolute atomic E-state index is 12.3. The van der Waals surface area contributed by atoms with E-state index in [4.69, 9.17) is 21.1 Å². The quantitative estimate of drug-likeness (QED) is 0.241. The normalized spacial score (nSPS) is 10.6. The maximum Gasteiger partial charge on any atom is 0.329 e. The standard InChI is InChI=1S/C26H25ClN4O5/c1-16-8-10-20(12-17(16)2)29-24(32)15-36-22-11-9-19(27)13-18(22)14-28-31-26(34)25(33)30-21-6-4-5-7-23(21)35-3/h4-14H,15H2,1-3H3,(H,29,32)(H,30,33)(H,31,34)/b28-14-. The van der Waals surface area contributed by atoms with Crippen molar-refractivity contribution in [3.05, 3.63) is 82.4 Å². The molecular formula is C26H25ClN4O5. The fourth-order valence-corrected chi connectivity index (χ4v) is 3.23. The van der Waals surface area contributed by atoms with Crippen LogP contribution in [0.4, 0.5) is 11.4 Å². The summed E-state index contributed by atoms with van der Waals surface area (Å²) in [6.07, 6.45) is 1.26. The monoisotopic (exact) mass is 508 g/mol. The molecule has 10 heteroatoms. The van der Waals surface area contributed by atoms with E-state index >= 15 is 0 Å². The van der Waals surface area contributed by atoms with Gasteiger partial charge >= 0.3 is 11.8 Å². The van der Waals surface area contributed by atoms with Crippen LogP contribution in [-0.4, -0.2) is 37.7 Å². The summed E-state index contributed by atoms with van der Waals surface area (Å²) >= 11 is 6.07. The Labute approximate surface area is 213 Å². The summed E-state index contributed by atoms with van der Waals surface area (Å²) in [6.45, 7) is 3.69. The molecule has 0 saturated heterocycles. The van der Waals surface area contributed by atoms with Gasteiger partial charge in [-0.3, -0.25) is 14.4 Å². The molecule has 0 spiro atoms. The predicted octanol–water partition coefficient (Wildman–Crippen LogP) is 4.07. The maximum atomic E-state index is 12.3. The fraction of sp³-hybridized carbons (Fsp3) is 0.154. The van der Waals surface area contributed by atoms with Crippen molar-refractivity contribution < 1.29 is 23.9 Å². The van der Waals surface area contributed by atoms with Crippen molar-refractivity contribution >= 4 is 46.9 Å². The van der Waals surface area contributed by atoms with E-state index in [9.17, 15) is 14.4 Å². The lowest BCUT2D eigenvalue weighted by atomic mass is 10.1. The number of nitrogens with zero attached hydrogens (tertiary/aromatic N) is 1. The second-order valence-electron chi connectivity index (χ2n) is 7.67. The van der Waals surface area contributed by atoms with Crippen LogP contribution in [0.3, 0.4) is 0 Å². The Hall–Kier alpha value is -4.37. The summed E-state index contributed by atoms with van der Waals surface area (Å²) in [4.78, 5) is 36.6. The number of carbonyl (C=O) groups excluding carboxylic acids is 3. The molecule has 0 atom stereocenters. The topological polar surface area (TPSA) is 118 Å². The van der Waals surface area contributed by atoms with Gasteiger partial charge in [0.2, 0.25) is 0 Å². The van der Waals surface area contributed by atoms with Gasteiger partial charge in [-0.1, -0.05) is 29.8 Å². The van der Waals surface area contributed by atoms with E-state index < -0.39 is 11.8 Å². The molecule has 3 amide bonds. The first-order valence-corrected chi connectivity index (χ1v) is 11.2. The zero-order valence-electron chi connectivity index (χ0n) is 19.9. The number of nitrogens with one attached hydrogen (secondary N) is 3. The minimum Gasteiger partial charge on any atom is -0.495 e. The third-order valence-electron chi connectivity index (χ3n) is 5.05. The number of methoxy groups -OCH3 is 1. The summed E-state index contributed by atoms with van der Waals surface area (Å²) in [6, 6.07) is 17.0. The molecular weight excluding hydrogens is 484 g/mol. The van der Waals surface area contributed by atoms with E-state index in [1.807, 2.05) is 32.0 Å². The molecule has 9 nitrogen and oxygen atoms in total. The minimum atomic E-state index is -0.991. The van der Waals surface area contributed by atoms with Crippen molar-refractivity contribution in [2.75, 3.05) is 24.4 Å². The van der Waals surface area contributed by atoms with E-state index in [1.165, 1.54) is 13.3 Å². The lowest BCUT2D eigenvalue weighted by Crippen LogP contribution is -2.32. The van der Waals surface area contributed by atoms with Crippen LogP contribution < -0.4 is 25.5 Å². The third kappa shape index (κ3) is 7.31. The number of rotatable bonds is 8. The summed E-state index contributed by atoms with van der Waals surface area (Å²) < 4.78 is 10.8. The molecule has 186 valence electrons. The Morgan fingerprint density at radius 1 is 0.917 bits per heavy atom. The number of aryl methyl sites for hydroxylation is 2. The molecule has 3 aromatic carbocycles. The van der Waals surface area contributed by atoms with Gasteiger partial charge in [0, 0.05) is 16.3 Å². The highest BCUT2D eigenvalue weighted by Gasteiger charge is 2.15. The van der Waals surface area contributed by atoms with Crippen LogP contribution in [0.1, 0.15) is 16.7 Å². The Kier molecular flexibility index (Phi) is 9.01. The second-order valence-corrected chi connectivity index (χ2v) is 8.11. The number of ether oxygens (including phenoxy) is 2. The molecule has 0 unspecified atom stereocenters. The van der Waals surface area contributed by atoms with Gasteiger partial charge in [-0.2, -0.15) is 5.10 Å². The van der Waals surface area contributed by atoms with Crippen molar-refractivity contribution in [2.24, 2.45) is 5.10 Å². The van der Waals surface area contributed by atoms with Crippen molar-refractivity contribution in [1.29, 1.82) is 0 Å². The Morgan fingerprint density at radius 3 is 2.44 bits per heavy atom. The van der Waals surface area contributed by atoms with Crippen LogP contribution in [0.2, 0.25) is 5.02 Å². The molecule has 0 heterocycles. The number of hydrogen-bond acceptors (Lipinski definition) is 6. The van der Waals surface area contributed by atoms with Crippen molar-refractivity contribution in [2.45, 2.75) is 13.8 Å². The van der Waals surface area contributed by atoms with E-state index in [-0.39, 0.29) is 12.5 Å². The molecule has 3 N–H and O–H groups in total. The molecule has 0 aliphatic rings.